The Kier molecular flexibility index (Phi) is 6.31. The second-order valence-corrected chi connectivity index (χ2v) is 9.64. The molecule has 0 aromatic heterocycles. The van der Waals surface area contributed by atoms with Crippen LogP contribution in [0.3, 0.4) is 0 Å². The Labute approximate surface area is 207 Å². The minimum atomic E-state index is -0.380. The number of aryl methyl sites for hydroxylation is 1. The Balaban J connectivity index is 1.41. The molecule has 4 nitrogen and oxygen atoms in total. The van der Waals surface area contributed by atoms with Crippen molar-refractivity contribution < 1.29 is 9.53 Å². The molecule has 4 aromatic carbocycles. The molecule has 0 radical (unpaired) electrons. The van der Waals surface area contributed by atoms with Crippen molar-refractivity contribution >= 4 is 16.7 Å². The molecule has 3 atom stereocenters. The van der Waals surface area contributed by atoms with Gasteiger partial charge in [0.15, 0.2) is 0 Å². The van der Waals surface area contributed by atoms with E-state index in [1.807, 2.05) is 38.1 Å². The van der Waals surface area contributed by atoms with Crippen molar-refractivity contribution in [1.82, 2.24) is 5.32 Å². The van der Waals surface area contributed by atoms with Crippen LogP contribution in [0.4, 0.5) is 0 Å². The number of benzene rings is 4. The molecule has 1 amide bonds. The van der Waals surface area contributed by atoms with Crippen molar-refractivity contribution in [3.63, 3.8) is 0 Å². The summed E-state index contributed by atoms with van der Waals surface area (Å²) in [5.41, 5.74) is 11.9. The van der Waals surface area contributed by atoms with Gasteiger partial charge in [0.2, 0.25) is 5.91 Å². The van der Waals surface area contributed by atoms with Crippen molar-refractivity contribution in [3.8, 4) is 5.75 Å². The molecule has 3 N–H and O–H groups in total. The fraction of sp³-hybridized carbons (Fsp3) is 0.258. The Morgan fingerprint density at radius 2 is 1.77 bits per heavy atom. The molecule has 1 aliphatic rings. The van der Waals surface area contributed by atoms with Crippen LogP contribution < -0.4 is 15.8 Å². The van der Waals surface area contributed by atoms with E-state index in [-0.39, 0.29) is 24.0 Å². The normalized spacial score (nSPS) is 18.0. The summed E-state index contributed by atoms with van der Waals surface area (Å²) in [6.07, 6.45) is 0.832. The Morgan fingerprint density at radius 3 is 2.60 bits per heavy atom. The van der Waals surface area contributed by atoms with E-state index in [1.54, 1.807) is 0 Å². The van der Waals surface area contributed by atoms with Gasteiger partial charge in [-0.2, -0.15) is 0 Å². The number of ether oxygens (including phenoxy) is 1. The summed E-state index contributed by atoms with van der Waals surface area (Å²) in [5, 5.41) is 6.24. The maximum Gasteiger partial charge on any atom is 0.248 e. The third-order valence-electron chi connectivity index (χ3n) is 7.39. The van der Waals surface area contributed by atoms with Crippen LogP contribution in [0.5, 0.6) is 5.75 Å². The molecule has 4 aromatic rings. The van der Waals surface area contributed by atoms with E-state index in [9.17, 15) is 4.79 Å². The van der Waals surface area contributed by atoms with E-state index in [4.69, 9.17) is 10.5 Å². The fourth-order valence-electron chi connectivity index (χ4n) is 5.32. The number of carbonyl (C=O) groups excluding carboxylic acids is 1. The highest BCUT2D eigenvalue weighted by atomic mass is 16.5. The third kappa shape index (κ3) is 4.54. The number of primary amides is 1. The maximum absolute atomic E-state index is 12.1. The first-order valence-electron chi connectivity index (χ1n) is 12.3. The predicted octanol–water partition coefficient (Wildman–Crippen LogP) is 6.19. The van der Waals surface area contributed by atoms with Gasteiger partial charge in [-0.15, -0.1) is 0 Å². The molecule has 1 aliphatic heterocycles. The summed E-state index contributed by atoms with van der Waals surface area (Å²) in [5.74, 6) is 0.666. The molecule has 35 heavy (non-hydrogen) atoms. The molecule has 0 spiro atoms. The third-order valence-corrected chi connectivity index (χ3v) is 7.39. The molecular formula is C31H32N2O2. The number of nitrogens with two attached hydrogens (primary N) is 1. The smallest absolute Gasteiger partial charge is 0.248 e. The number of carbonyl (C=O) groups is 1. The topological polar surface area (TPSA) is 64.3 Å². The molecule has 0 bridgehead atoms. The van der Waals surface area contributed by atoms with E-state index < -0.39 is 0 Å². The van der Waals surface area contributed by atoms with Crippen LogP contribution in [0, 0.1) is 13.8 Å². The summed E-state index contributed by atoms with van der Waals surface area (Å²) < 4.78 is 6.43. The molecule has 178 valence electrons. The van der Waals surface area contributed by atoms with Crippen LogP contribution in [0.1, 0.15) is 63.5 Å². The van der Waals surface area contributed by atoms with Gasteiger partial charge in [-0.1, -0.05) is 66.7 Å². The van der Waals surface area contributed by atoms with Gasteiger partial charge in [0.25, 0.3) is 0 Å². The second kappa shape index (κ2) is 9.55. The fourth-order valence-corrected chi connectivity index (χ4v) is 5.32. The van der Waals surface area contributed by atoms with E-state index >= 15 is 0 Å². The van der Waals surface area contributed by atoms with E-state index in [0.717, 1.165) is 41.0 Å². The summed E-state index contributed by atoms with van der Waals surface area (Å²) in [4.78, 5) is 12.1. The van der Waals surface area contributed by atoms with Crippen LogP contribution in [-0.2, 0) is 0 Å². The number of fused-ring (bicyclic) bond motifs is 2. The largest absolute Gasteiger partial charge is 0.489 e. The van der Waals surface area contributed by atoms with Gasteiger partial charge < -0.3 is 15.8 Å². The van der Waals surface area contributed by atoms with Crippen molar-refractivity contribution in [2.75, 3.05) is 6.54 Å². The molecule has 0 unspecified atom stereocenters. The lowest BCUT2D eigenvalue weighted by Crippen LogP contribution is -2.37. The van der Waals surface area contributed by atoms with E-state index in [2.05, 4.69) is 66.8 Å². The molecule has 4 heteroatoms. The minimum Gasteiger partial charge on any atom is -0.489 e. The summed E-state index contributed by atoms with van der Waals surface area (Å²) in [7, 11) is 0. The molecule has 0 saturated carbocycles. The molecular weight excluding hydrogens is 432 g/mol. The Morgan fingerprint density at radius 1 is 1.03 bits per heavy atom. The molecule has 0 fully saturated rings. The van der Waals surface area contributed by atoms with Crippen molar-refractivity contribution in [2.45, 2.75) is 45.3 Å². The Bertz CT molecular complexity index is 1390. The number of para-hydroxylation sites is 1. The lowest BCUT2D eigenvalue weighted by atomic mass is 9.82. The van der Waals surface area contributed by atoms with Crippen LogP contribution in [-0.4, -0.2) is 18.6 Å². The van der Waals surface area contributed by atoms with Gasteiger partial charge in [-0.3, -0.25) is 4.79 Å². The van der Waals surface area contributed by atoms with Crippen molar-refractivity contribution in [1.29, 1.82) is 0 Å². The number of hydrogen-bond donors (Lipinski definition) is 2. The minimum absolute atomic E-state index is 0.00552. The first kappa shape index (κ1) is 23.1. The number of rotatable bonds is 6. The van der Waals surface area contributed by atoms with Crippen LogP contribution >= 0.6 is 0 Å². The summed E-state index contributed by atoms with van der Waals surface area (Å²) in [6, 6.07) is 27.6. The zero-order valence-corrected chi connectivity index (χ0v) is 20.5. The van der Waals surface area contributed by atoms with Gasteiger partial charge in [-0.05, 0) is 72.4 Å². The van der Waals surface area contributed by atoms with E-state index in [0.29, 0.717) is 5.56 Å². The average Bonchev–Trinajstić information content (AvgIpc) is 2.87. The van der Waals surface area contributed by atoms with E-state index in [1.165, 1.54) is 16.3 Å². The lowest BCUT2D eigenvalue weighted by Gasteiger charge is -2.34. The summed E-state index contributed by atoms with van der Waals surface area (Å²) in [6.45, 7) is 6.93. The number of nitrogens with one attached hydrogen (secondary N) is 1. The van der Waals surface area contributed by atoms with Gasteiger partial charge in [0.1, 0.15) is 11.9 Å². The first-order chi connectivity index (χ1) is 16.9. The highest BCUT2D eigenvalue weighted by molar-refractivity contribution is 5.95. The number of amides is 1. The predicted molar refractivity (Wildman–Crippen MR) is 142 cm³/mol. The molecule has 1 heterocycles. The molecule has 0 aliphatic carbocycles. The lowest BCUT2D eigenvalue weighted by molar-refractivity contribution is 0.0999. The first-order valence-corrected chi connectivity index (χ1v) is 12.3. The summed E-state index contributed by atoms with van der Waals surface area (Å²) >= 11 is 0. The van der Waals surface area contributed by atoms with Crippen molar-refractivity contribution in [3.05, 3.63) is 112 Å². The van der Waals surface area contributed by atoms with Gasteiger partial charge in [0.05, 0.1) is 0 Å². The highest BCUT2D eigenvalue weighted by Crippen LogP contribution is 2.41. The number of hydrogen-bond acceptors (Lipinski definition) is 3. The zero-order valence-electron chi connectivity index (χ0n) is 20.5. The van der Waals surface area contributed by atoms with Gasteiger partial charge in [-0.25, -0.2) is 0 Å². The standard InChI is InChI=1S/C31H32N2O2/c1-19-15-23(16-28(20(19)2)31(32)34)29-17-24(35-30-14-7-6-12-27(29)30)18-33-21(3)25-13-8-10-22-9-4-5-11-26(22)25/h4-16,21,24,29,33H,17-18H2,1-3H3,(H2,32,34)/t21-,24-,29+/m1/s1. The van der Waals surface area contributed by atoms with Gasteiger partial charge in [0, 0.05) is 29.6 Å². The van der Waals surface area contributed by atoms with Crippen LogP contribution in [0.25, 0.3) is 10.8 Å². The second-order valence-electron chi connectivity index (χ2n) is 9.64. The average molecular weight is 465 g/mol. The van der Waals surface area contributed by atoms with Crippen molar-refractivity contribution in [2.24, 2.45) is 5.73 Å². The zero-order chi connectivity index (χ0) is 24.5. The highest BCUT2D eigenvalue weighted by Gasteiger charge is 2.30. The molecule has 5 rings (SSSR count). The monoisotopic (exact) mass is 464 g/mol. The van der Waals surface area contributed by atoms with Crippen LogP contribution in [0.2, 0.25) is 0 Å². The maximum atomic E-state index is 12.1. The molecule has 0 saturated heterocycles. The SMILES string of the molecule is Cc1cc([C@@H]2C[C@H](CN[C@H](C)c3cccc4ccccc34)Oc3ccccc32)cc(C(N)=O)c1C. The van der Waals surface area contributed by atoms with Gasteiger partial charge >= 0.3 is 0 Å². The quantitative estimate of drug-likeness (QED) is 0.358. The van der Waals surface area contributed by atoms with Crippen LogP contribution in [0.15, 0.2) is 78.9 Å². The Hall–Kier alpha value is -3.63.